The van der Waals surface area contributed by atoms with Gasteiger partial charge >= 0.3 is 38.6 Å². The second-order valence-corrected chi connectivity index (χ2v) is 4.71. The van der Waals surface area contributed by atoms with E-state index in [2.05, 4.69) is 0 Å². The Morgan fingerprint density at radius 3 is 1.50 bits per heavy atom. The third-order valence-corrected chi connectivity index (χ3v) is 3.31. The average molecular weight is 220 g/mol. The molecule has 0 bridgehead atoms. The first-order chi connectivity index (χ1) is 5.10. The molecule has 0 amide bonds. The third-order valence-electron chi connectivity index (χ3n) is 1.02. The molecule has 0 fully saturated rings. The maximum atomic E-state index is 5.09. The quantitative estimate of drug-likeness (QED) is 0.495. The fourth-order valence-corrected chi connectivity index (χ4v) is 1.96. The Balaban J connectivity index is 0. The zero-order valence-electron chi connectivity index (χ0n) is 7.04. The summed E-state index contributed by atoms with van der Waals surface area (Å²) in [6.07, 6.45) is 0. The van der Waals surface area contributed by atoms with E-state index in [4.69, 9.17) is 29.9 Å². The fraction of sp³-hybridized carbons (Fsp3) is 0.800. The van der Waals surface area contributed by atoms with Gasteiger partial charge in [0.2, 0.25) is 0 Å². The molecule has 0 atom stereocenters. The molecule has 0 aromatic heterocycles. The Morgan fingerprint density at radius 2 is 1.42 bits per heavy atom. The summed E-state index contributed by atoms with van der Waals surface area (Å²) in [4.78, 5) is 0. The van der Waals surface area contributed by atoms with Gasteiger partial charge in [0.25, 0.3) is 0 Å². The van der Waals surface area contributed by atoms with Crippen molar-refractivity contribution in [3.63, 3.8) is 0 Å². The topological polar surface area (TPSA) is 36.9 Å². The summed E-state index contributed by atoms with van der Waals surface area (Å²) in [5.74, 6) is 0. The van der Waals surface area contributed by atoms with Gasteiger partial charge in [-0.15, -0.1) is 0 Å². The standard InChI is InChI=1S/C5H12O4SSi.Na.H/c1-5(10)9-11(6-2,7-3)8-4;;/h1-4H3;;. The fourth-order valence-electron chi connectivity index (χ4n) is 0.551. The van der Waals surface area contributed by atoms with Crippen molar-refractivity contribution in [3.05, 3.63) is 0 Å². The summed E-state index contributed by atoms with van der Waals surface area (Å²) in [5.41, 5.74) is 0. The Kier molecular flexibility index (Phi) is 9.53. The predicted octanol–water partition coefficient (Wildman–Crippen LogP) is 0.0766. The van der Waals surface area contributed by atoms with Gasteiger partial charge in [0.1, 0.15) is 5.05 Å². The molecule has 4 nitrogen and oxygen atoms in total. The first-order valence-corrected chi connectivity index (χ1v) is 4.99. The van der Waals surface area contributed by atoms with Gasteiger partial charge < -0.3 is 17.7 Å². The van der Waals surface area contributed by atoms with Gasteiger partial charge in [-0.2, -0.15) is 0 Å². The molecule has 0 rings (SSSR count). The van der Waals surface area contributed by atoms with Crippen LogP contribution in [0.4, 0.5) is 0 Å². The van der Waals surface area contributed by atoms with Crippen LogP contribution in [0, 0.1) is 0 Å². The summed E-state index contributed by atoms with van der Waals surface area (Å²) < 4.78 is 19.9. The van der Waals surface area contributed by atoms with Crippen LogP contribution in [0.1, 0.15) is 6.92 Å². The van der Waals surface area contributed by atoms with Crippen molar-refractivity contribution in [2.24, 2.45) is 0 Å². The van der Waals surface area contributed by atoms with Gasteiger partial charge in [-0.3, -0.25) is 0 Å². The van der Waals surface area contributed by atoms with Gasteiger partial charge in [0.05, 0.1) is 0 Å². The normalized spacial score (nSPS) is 10.3. The van der Waals surface area contributed by atoms with Gasteiger partial charge in [0, 0.05) is 28.3 Å². The van der Waals surface area contributed by atoms with Crippen LogP contribution in [0.15, 0.2) is 0 Å². The zero-order chi connectivity index (χ0) is 8.91. The molecule has 0 aromatic carbocycles. The average Bonchev–Trinajstić information content (AvgIpc) is 2.00. The Hall–Kier alpha value is 0.987. The van der Waals surface area contributed by atoms with E-state index in [0.29, 0.717) is 5.05 Å². The second-order valence-electron chi connectivity index (χ2n) is 1.71. The summed E-state index contributed by atoms with van der Waals surface area (Å²) >= 11 is 4.72. The molecule has 0 N–H and O–H groups in total. The van der Waals surface area contributed by atoms with Crippen LogP contribution >= 0.6 is 12.2 Å². The molecule has 0 unspecified atom stereocenters. The monoisotopic (exact) mass is 220 g/mol. The van der Waals surface area contributed by atoms with Gasteiger partial charge in [-0.1, -0.05) is 0 Å². The van der Waals surface area contributed by atoms with E-state index in [9.17, 15) is 0 Å². The van der Waals surface area contributed by atoms with Crippen LogP contribution in [-0.4, -0.2) is 65.0 Å². The van der Waals surface area contributed by atoms with Gasteiger partial charge in [-0.25, -0.2) is 0 Å². The first kappa shape index (κ1) is 15.5. The summed E-state index contributed by atoms with van der Waals surface area (Å²) in [6, 6.07) is 0. The van der Waals surface area contributed by atoms with Crippen molar-refractivity contribution < 1.29 is 17.7 Å². The molecule has 68 valence electrons. The molecular weight excluding hydrogens is 207 g/mol. The molecule has 0 aliphatic rings. The van der Waals surface area contributed by atoms with E-state index in [1.54, 1.807) is 6.92 Å². The van der Waals surface area contributed by atoms with E-state index in [1.807, 2.05) is 0 Å². The van der Waals surface area contributed by atoms with E-state index in [-0.39, 0.29) is 29.6 Å². The van der Waals surface area contributed by atoms with E-state index < -0.39 is 9.05 Å². The van der Waals surface area contributed by atoms with E-state index in [0.717, 1.165) is 0 Å². The van der Waals surface area contributed by atoms with Crippen LogP contribution in [0.2, 0.25) is 0 Å². The maximum absolute atomic E-state index is 5.09. The molecule has 0 radical (unpaired) electrons. The molecule has 0 aliphatic heterocycles. The minimum absolute atomic E-state index is 0. The Bertz CT molecular complexity index is 133. The number of hydrogen-bond donors (Lipinski definition) is 0. The molecule has 12 heavy (non-hydrogen) atoms. The van der Waals surface area contributed by atoms with E-state index >= 15 is 0 Å². The third kappa shape index (κ3) is 4.88. The number of rotatable bonds is 4. The van der Waals surface area contributed by atoms with Crippen molar-refractivity contribution in [1.82, 2.24) is 0 Å². The van der Waals surface area contributed by atoms with Crippen molar-refractivity contribution in [2.45, 2.75) is 6.92 Å². The molecule has 0 saturated carbocycles. The summed E-state index contributed by atoms with van der Waals surface area (Å²) in [6.45, 7) is 1.63. The van der Waals surface area contributed by atoms with Crippen LogP contribution in [0.5, 0.6) is 0 Å². The molecule has 0 heterocycles. The van der Waals surface area contributed by atoms with Crippen molar-refractivity contribution in [1.29, 1.82) is 0 Å². The van der Waals surface area contributed by atoms with Crippen molar-refractivity contribution >= 4 is 55.9 Å². The van der Waals surface area contributed by atoms with Crippen LogP contribution in [0.3, 0.4) is 0 Å². The second kappa shape index (κ2) is 7.40. The van der Waals surface area contributed by atoms with Gasteiger partial charge in [-0.05, 0) is 12.2 Å². The number of hydrogen-bond acceptors (Lipinski definition) is 5. The molecule has 7 heteroatoms. The molecular formula is C5H13NaO4SSi. The first-order valence-electron chi connectivity index (χ1n) is 2.95. The van der Waals surface area contributed by atoms with E-state index in [1.165, 1.54) is 21.3 Å². The molecule has 0 spiro atoms. The SMILES string of the molecule is CO[Si](OC)(OC)OC(C)=S.[NaH]. The van der Waals surface area contributed by atoms with Crippen molar-refractivity contribution in [3.8, 4) is 0 Å². The molecule has 0 aliphatic carbocycles. The Labute approximate surface area is 101 Å². The molecule has 0 aromatic rings. The summed E-state index contributed by atoms with van der Waals surface area (Å²) in [5, 5.41) is 0.349. The molecule has 0 saturated heterocycles. The van der Waals surface area contributed by atoms with Crippen LogP contribution < -0.4 is 0 Å². The zero-order valence-corrected chi connectivity index (χ0v) is 8.86. The van der Waals surface area contributed by atoms with Gasteiger partial charge in [0.15, 0.2) is 0 Å². The van der Waals surface area contributed by atoms with Crippen LogP contribution in [0.25, 0.3) is 0 Å². The predicted molar refractivity (Wildman–Crippen MR) is 53.3 cm³/mol. The Morgan fingerprint density at radius 1 is 1.08 bits per heavy atom. The van der Waals surface area contributed by atoms with Crippen LogP contribution in [-0.2, 0) is 17.7 Å². The minimum atomic E-state index is -2.92. The summed E-state index contributed by atoms with van der Waals surface area (Å²) in [7, 11) is 1.45. The number of thiocarbonyl (C=S) groups is 1. The van der Waals surface area contributed by atoms with Crippen molar-refractivity contribution in [2.75, 3.05) is 21.3 Å².